The van der Waals surface area contributed by atoms with Gasteiger partial charge in [0.2, 0.25) is 0 Å². The van der Waals surface area contributed by atoms with Crippen molar-refractivity contribution in [2.75, 3.05) is 13.7 Å². The van der Waals surface area contributed by atoms with Crippen LogP contribution in [0.15, 0.2) is 54.6 Å². The highest BCUT2D eigenvalue weighted by Gasteiger charge is 2.15. The van der Waals surface area contributed by atoms with Crippen LogP contribution in [0.5, 0.6) is 5.75 Å². The molecule has 0 saturated heterocycles. The number of aryl methyl sites for hydroxylation is 1. The molecule has 5 nitrogen and oxygen atoms in total. The first-order valence-electron chi connectivity index (χ1n) is 8.32. The number of ether oxygens (including phenoxy) is 1. The number of hydrogen-bond acceptors (Lipinski definition) is 3. The topological polar surface area (TPSA) is 56.1 Å². The van der Waals surface area contributed by atoms with Crippen molar-refractivity contribution in [2.45, 2.75) is 13.3 Å². The molecule has 0 spiro atoms. The second-order valence-electron chi connectivity index (χ2n) is 5.85. The Morgan fingerprint density at radius 3 is 2.69 bits per heavy atom. The number of carbonyl (C=O) groups excluding carboxylic acids is 1. The van der Waals surface area contributed by atoms with Gasteiger partial charge < -0.3 is 10.1 Å². The van der Waals surface area contributed by atoms with Crippen molar-refractivity contribution >= 4 is 5.91 Å². The van der Waals surface area contributed by atoms with Crippen molar-refractivity contribution in [3.05, 3.63) is 77.4 Å². The third-order valence-electron chi connectivity index (χ3n) is 4.07. The Bertz CT molecular complexity index is 921. The minimum Gasteiger partial charge on any atom is -0.496 e. The van der Waals surface area contributed by atoms with E-state index in [4.69, 9.17) is 4.74 Å². The molecule has 3 aromatic rings. The molecule has 2 aromatic carbocycles. The van der Waals surface area contributed by atoms with Crippen molar-refractivity contribution in [3.8, 4) is 11.4 Å². The molecule has 0 radical (unpaired) electrons. The van der Waals surface area contributed by atoms with E-state index >= 15 is 0 Å². The average molecular weight is 353 g/mol. The fourth-order valence-corrected chi connectivity index (χ4v) is 2.76. The van der Waals surface area contributed by atoms with Crippen LogP contribution in [-0.2, 0) is 6.42 Å². The van der Waals surface area contributed by atoms with Crippen molar-refractivity contribution < 1.29 is 13.9 Å². The predicted molar refractivity (Wildman–Crippen MR) is 97.3 cm³/mol. The van der Waals surface area contributed by atoms with Crippen LogP contribution in [0.2, 0.25) is 0 Å². The summed E-state index contributed by atoms with van der Waals surface area (Å²) in [4.78, 5) is 12.4. The highest BCUT2D eigenvalue weighted by molar-refractivity contribution is 5.92. The summed E-state index contributed by atoms with van der Waals surface area (Å²) in [7, 11) is 1.62. The van der Waals surface area contributed by atoms with Gasteiger partial charge in [0.05, 0.1) is 7.11 Å². The van der Waals surface area contributed by atoms with Gasteiger partial charge in [0, 0.05) is 12.2 Å². The van der Waals surface area contributed by atoms with Crippen LogP contribution in [0.4, 0.5) is 4.39 Å². The van der Waals surface area contributed by atoms with E-state index in [1.54, 1.807) is 38.3 Å². The van der Waals surface area contributed by atoms with Crippen molar-refractivity contribution in [3.63, 3.8) is 0 Å². The van der Waals surface area contributed by atoms with Gasteiger partial charge in [0.15, 0.2) is 5.69 Å². The quantitative estimate of drug-likeness (QED) is 0.740. The largest absolute Gasteiger partial charge is 0.496 e. The van der Waals surface area contributed by atoms with Crippen molar-refractivity contribution in [1.29, 1.82) is 0 Å². The number of methoxy groups -OCH3 is 1. The molecule has 134 valence electrons. The van der Waals surface area contributed by atoms with Gasteiger partial charge in [-0.05, 0) is 43.2 Å². The van der Waals surface area contributed by atoms with Crippen LogP contribution in [0.25, 0.3) is 5.69 Å². The van der Waals surface area contributed by atoms with Gasteiger partial charge in [-0.3, -0.25) is 4.79 Å². The summed E-state index contributed by atoms with van der Waals surface area (Å²) in [6.45, 7) is 2.23. The molecule has 26 heavy (non-hydrogen) atoms. The van der Waals surface area contributed by atoms with Crippen LogP contribution >= 0.6 is 0 Å². The molecule has 0 saturated carbocycles. The number of nitrogens with zero attached hydrogens (tertiary/aromatic N) is 2. The maximum Gasteiger partial charge on any atom is 0.271 e. The fourth-order valence-electron chi connectivity index (χ4n) is 2.76. The molecule has 0 atom stereocenters. The minimum absolute atomic E-state index is 0.255. The number of benzene rings is 2. The third-order valence-corrected chi connectivity index (χ3v) is 4.07. The molecule has 1 N–H and O–H groups in total. The zero-order valence-corrected chi connectivity index (χ0v) is 14.7. The Morgan fingerprint density at radius 1 is 1.19 bits per heavy atom. The summed E-state index contributed by atoms with van der Waals surface area (Å²) in [5.41, 5.74) is 2.28. The molecule has 6 heteroatoms. The Hall–Kier alpha value is -3.15. The molecule has 0 aliphatic carbocycles. The van der Waals surface area contributed by atoms with E-state index in [-0.39, 0.29) is 17.4 Å². The normalized spacial score (nSPS) is 10.6. The summed E-state index contributed by atoms with van der Waals surface area (Å²) in [5.74, 6) is 0.112. The van der Waals surface area contributed by atoms with Crippen LogP contribution < -0.4 is 10.1 Å². The van der Waals surface area contributed by atoms with E-state index in [9.17, 15) is 9.18 Å². The first-order chi connectivity index (χ1) is 12.6. The number of rotatable bonds is 6. The zero-order chi connectivity index (χ0) is 18.5. The monoisotopic (exact) mass is 353 g/mol. The van der Waals surface area contributed by atoms with Crippen LogP contribution in [-0.4, -0.2) is 29.3 Å². The molecule has 1 amide bonds. The first kappa shape index (κ1) is 17.7. The van der Waals surface area contributed by atoms with Gasteiger partial charge in [0.25, 0.3) is 5.91 Å². The molecule has 0 aliphatic rings. The SMILES string of the molecule is COc1ccccc1CCNC(=O)c1cc(C)n(-c2ccccc2F)n1. The van der Waals surface area contributed by atoms with Crippen LogP contribution in [0, 0.1) is 12.7 Å². The first-order valence-corrected chi connectivity index (χ1v) is 8.32. The number of nitrogens with one attached hydrogen (secondary N) is 1. The Morgan fingerprint density at radius 2 is 1.92 bits per heavy atom. The number of hydrogen-bond donors (Lipinski definition) is 1. The van der Waals surface area contributed by atoms with Gasteiger partial charge in [0.1, 0.15) is 17.3 Å². The molecule has 1 aromatic heterocycles. The fraction of sp³-hybridized carbons (Fsp3) is 0.200. The highest BCUT2D eigenvalue weighted by atomic mass is 19.1. The minimum atomic E-state index is -0.387. The number of halogens is 1. The Balaban J connectivity index is 1.68. The summed E-state index contributed by atoms with van der Waals surface area (Å²) >= 11 is 0. The van der Waals surface area contributed by atoms with E-state index < -0.39 is 0 Å². The van der Waals surface area contributed by atoms with Gasteiger partial charge in [-0.15, -0.1) is 0 Å². The summed E-state index contributed by atoms with van der Waals surface area (Å²) < 4.78 is 20.7. The Labute approximate surface area is 151 Å². The van der Waals surface area contributed by atoms with Crippen molar-refractivity contribution in [1.82, 2.24) is 15.1 Å². The van der Waals surface area contributed by atoms with Crippen molar-refractivity contribution in [2.24, 2.45) is 0 Å². The lowest BCUT2D eigenvalue weighted by molar-refractivity contribution is 0.0948. The Kier molecular flexibility index (Phi) is 5.31. The van der Waals surface area contributed by atoms with E-state index in [0.717, 1.165) is 11.3 Å². The van der Waals surface area contributed by atoms with Gasteiger partial charge in [-0.2, -0.15) is 5.10 Å². The molecule has 1 heterocycles. The highest BCUT2D eigenvalue weighted by Crippen LogP contribution is 2.18. The van der Waals surface area contributed by atoms with Crippen LogP contribution in [0.3, 0.4) is 0 Å². The van der Waals surface area contributed by atoms with Gasteiger partial charge in [-0.25, -0.2) is 9.07 Å². The summed E-state index contributed by atoms with van der Waals surface area (Å²) in [6.07, 6.45) is 0.642. The number of para-hydroxylation sites is 2. The predicted octanol–water partition coefficient (Wildman–Crippen LogP) is 3.30. The van der Waals surface area contributed by atoms with Crippen LogP contribution in [0.1, 0.15) is 21.7 Å². The standard InChI is InChI=1S/C20H20FN3O2/c1-14-13-17(23-24(14)18-9-5-4-8-16(18)21)20(25)22-12-11-15-7-3-6-10-19(15)26-2/h3-10,13H,11-12H2,1-2H3,(H,22,25). The van der Waals surface area contributed by atoms with E-state index in [0.29, 0.717) is 24.3 Å². The zero-order valence-electron chi connectivity index (χ0n) is 14.7. The molecular weight excluding hydrogens is 333 g/mol. The molecule has 3 rings (SSSR count). The second kappa shape index (κ2) is 7.82. The lowest BCUT2D eigenvalue weighted by Gasteiger charge is -2.08. The van der Waals surface area contributed by atoms with E-state index in [1.165, 1.54) is 10.7 Å². The number of carbonyl (C=O) groups is 1. The lowest BCUT2D eigenvalue weighted by Crippen LogP contribution is -2.26. The van der Waals surface area contributed by atoms with Gasteiger partial charge >= 0.3 is 0 Å². The number of aromatic nitrogens is 2. The molecular formula is C20H20FN3O2. The summed E-state index contributed by atoms with van der Waals surface area (Å²) in [5, 5.41) is 7.08. The lowest BCUT2D eigenvalue weighted by atomic mass is 10.1. The number of amides is 1. The second-order valence-corrected chi connectivity index (χ2v) is 5.85. The third kappa shape index (κ3) is 3.74. The maximum absolute atomic E-state index is 14.0. The average Bonchev–Trinajstić information content (AvgIpc) is 3.04. The van der Waals surface area contributed by atoms with Gasteiger partial charge in [-0.1, -0.05) is 30.3 Å². The molecule has 0 fully saturated rings. The molecule has 0 aliphatic heterocycles. The molecule has 0 unspecified atom stereocenters. The molecule has 0 bridgehead atoms. The van der Waals surface area contributed by atoms with E-state index in [2.05, 4.69) is 10.4 Å². The summed E-state index contributed by atoms with van der Waals surface area (Å²) in [6, 6.07) is 15.7. The smallest absolute Gasteiger partial charge is 0.271 e. The maximum atomic E-state index is 14.0. The van der Waals surface area contributed by atoms with E-state index in [1.807, 2.05) is 24.3 Å².